The molecule has 5 nitrogen and oxygen atoms in total. The molecule has 3 aromatic rings. The van der Waals surface area contributed by atoms with Gasteiger partial charge in [-0.3, -0.25) is 0 Å². The van der Waals surface area contributed by atoms with E-state index in [-0.39, 0.29) is 11.3 Å². The van der Waals surface area contributed by atoms with Crippen molar-refractivity contribution in [1.29, 1.82) is 10.5 Å². The van der Waals surface area contributed by atoms with Crippen molar-refractivity contribution in [2.45, 2.75) is 0 Å². The van der Waals surface area contributed by atoms with E-state index >= 15 is 0 Å². The lowest BCUT2D eigenvalue weighted by atomic mass is 10.0. The summed E-state index contributed by atoms with van der Waals surface area (Å²) in [6.07, 6.45) is 0. The number of rotatable bonds is 0. The van der Waals surface area contributed by atoms with E-state index in [0.717, 1.165) is 10.8 Å². The van der Waals surface area contributed by atoms with Gasteiger partial charge in [-0.15, -0.1) is 0 Å². The number of fused-ring (bicyclic) bond motifs is 4. The van der Waals surface area contributed by atoms with Crippen LogP contribution in [0.3, 0.4) is 0 Å². The summed E-state index contributed by atoms with van der Waals surface area (Å²) in [5.41, 5.74) is 0.627. The summed E-state index contributed by atoms with van der Waals surface area (Å²) in [5, 5.41) is 30.8. The molecular formula is C19H9N3O2. The number of nitriles is 2. The van der Waals surface area contributed by atoms with Gasteiger partial charge in [0.2, 0.25) is 0 Å². The SMILES string of the molecule is N#CC(C#N)=c1cc2c(c3ccccc13)=Nc1ccc(O)cc1O2. The van der Waals surface area contributed by atoms with E-state index in [9.17, 15) is 15.6 Å². The van der Waals surface area contributed by atoms with Crippen LogP contribution in [0.25, 0.3) is 16.3 Å². The Hall–Kier alpha value is -3.83. The van der Waals surface area contributed by atoms with Gasteiger partial charge in [0.25, 0.3) is 0 Å². The number of hydrogen-bond acceptors (Lipinski definition) is 5. The van der Waals surface area contributed by atoms with Gasteiger partial charge in [-0.05, 0) is 23.6 Å². The van der Waals surface area contributed by atoms with Gasteiger partial charge in [0.15, 0.2) is 11.5 Å². The van der Waals surface area contributed by atoms with Gasteiger partial charge < -0.3 is 9.84 Å². The zero-order valence-corrected chi connectivity index (χ0v) is 12.3. The smallest absolute Gasteiger partial charge is 0.156 e. The average molecular weight is 311 g/mol. The summed E-state index contributed by atoms with van der Waals surface area (Å²) in [4.78, 5) is 4.62. The van der Waals surface area contributed by atoms with Crippen molar-refractivity contribution < 1.29 is 9.84 Å². The average Bonchev–Trinajstić information content (AvgIpc) is 2.61. The predicted octanol–water partition coefficient (Wildman–Crippen LogP) is 2.80. The first-order valence-corrected chi connectivity index (χ1v) is 7.17. The van der Waals surface area contributed by atoms with Crippen LogP contribution in [0, 0.1) is 22.7 Å². The van der Waals surface area contributed by atoms with Crippen molar-refractivity contribution in [3.05, 3.63) is 59.1 Å². The molecule has 0 atom stereocenters. The Morgan fingerprint density at radius 2 is 1.71 bits per heavy atom. The Balaban J connectivity index is 2.20. The maximum absolute atomic E-state index is 9.62. The molecule has 1 aliphatic heterocycles. The van der Waals surface area contributed by atoms with Gasteiger partial charge in [-0.2, -0.15) is 10.5 Å². The molecule has 0 radical (unpaired) electrons. The quantitative estimate of drug-likeness (QED) is 0.540. The molecule has 24 heavy (non-hydrogen) atoms. The molecule has 0 fully saturated rings. The third-order valence-electron chi connectivity index (χ3n) is 3.87. The number of benzene rings is 3. The Kier molecular flexibility index (Phi) is 2.94. The van der Waals surface area contributed by atoms with Crippen LogP contribution in [0.5, 0.6) is 17.2 Å². The highest BCUT2D eigenvalue weighted by molar-refractivity contribution is 5.90. The third-order valence-corrected chi connectivity index (χ3v) is 3.87. The number of aromatic hydroxyl groups is 1. The number of phenolic OH excluding ortho intramolecular Hbond substituents is 1. The molecule has 5 heteroatoms. The molecule has 0 saturated carbocycles. The van der Waals surface area contributed by atoms with Crippen LogP contribution in [0.2, 0.25) is 0 Å². The van der Waals surface area contributed by atoms with E-state index in [1.54, 1.807) is 18.2 Å². The second kappa shape index (κ2) is 5.12. The topological polar surface area (TPSA) is 89.4 Å². The lowest BCUT2D eigenvalue weighted by Gasteiger charge is -2.15. The fourth-order valence-electron chi connectivity index (χ4n) is 2.80. The summed E-state index contributed by atoms with van der Waals surface area (Å²) in [7, 11) is 0. The predicted molar refractivity (Wildman–Crippen MR) is 87.2 cm³/mol. The van der Waals surface area contributed by atoms with Crippen LogP contribution in [0.4, 0.5) is 5.69 Å². The van der Waals surface area contributed by atoms with Gasteiger partial charge >= 0.3 is 0 Å². The summed E-state index contributed by atoms with van der Waals surface area (Å²) >= 11 is 0. The number of phenols is 1. The molecule has 1 N–H and O–H groups in total. The third kappa shape index (κ3) is 1.97. The first-order chi connectivity index (χ1) is 11.7. The Morgan fingerprint density at radius 1 is 0.958 bits per heavy atom. The van der Waals surface area contributed by atoms with E-state index in [1.165, 1.54) is 6.07 Å². The van der Waals surface area contributed by atoms with Crippen molar-refractivity contribution in [2.75, 3.05) is 0 Å². The van der Waals surface area contributed by atoms with Gasteiger partial charge in [-0.1, -0.05) is 24.3 Å². The van der Waals surface area contributed by atoms with Crippen LogP contribution in [-0.2, 0) is 0 Å². The molecule has 1 aliphatic rings. The summed E-state index contributed by atoms with van der Waals surface area (Å²) < 4.78 is 5.86. The minimum Gasteiger partial charge on any atom is -0.508 e. The molecule has 4 rings (SSSR count). The minimum atomic E-state index is 0.0132. The van der Waals surface area contributed by atoms with Gasteiger partial charge in [0, 0.05) is 16.7 Å². The van der Waals surface area contributed by atoms with Crippen molar-refractivity contribution in [1.82, 2.24) is 0 Å². The number of nitrogens with zero attached hydrogens (tertiary/aromatic N) is 3. The molecule has 0 amide bonds. The van der Waals surface area contributed by atoms with Crippen molar-refractivity contribution in [3.8, 4) is 29.4 Å². The van der Waals surface area contributed by atoms with Crippen molar-refractivity contribution in [3.63, 3.8) is 0 Å². The van der Waals surface area contributed by atoms with E-state index in [4.69, 9.17) is 4.74 Å². The standard InChI is InChI=1S/C19H9N3O2/c20-9-11(10-21)15-8-18-19(14-4-2-1-3-13(14)15)22-16-6-5-12(23)7-17(16)24-18/h1-8,23H. The fraction of sp³-hybridized carbons (Fsp3) is 0. The highest BCUT2D eigenvalue weighted by Crippen LogP contribution is 2.36. The molecular weight excluding hydrogens is 302 g/mol. The van der Waals surface area contributed by atoms with Crippen LogP contribution in [-0.4, -0.2) is 5.11 Å². The molecule has 0 bridgehead atoms. The van der Waals surface area contributed by atoms with E-state index in [1.807, 2.05) is 36.4 Å². The molecule has 0 spiro atoms. The maximum Gasteiger partial charge on any atom is 0.156 e. The Labute approximate surface area is 136 Å². The molecule has 112 valence electrons. The van der Waals surface area contributed by atoms with Gasteiger partial charge in [0.1, 0.15) is 34.5 Å². The first-order valence-electron chi connectivity index (χ1n) is 7.17. The summed E-state index contributed by atoms with van der Waals surface area (Å²) in [6, 6.07) is 17.6. The van der Waals surface area contributed by atoms with Gasteiger partial charge in [0.05, 0.1) is 0 Å². The van der Waals surface area contributed by atoms with Crippen molar-refractivity contribution >= 4 is 22.0 Å². The Morgan fingerprint density at radius 3 is 2.46 bits per heavy atom. The molecule has 0 aromatic heterocycles. The number of ether oxygens (including phenoxy) is 1. The largest absolute Gasteiger partial charge is 0.508 e. The lowest BCUT2D eigenvalue weighted by molar-refractivity contribution is 0.449. The minimum absolute atomic E-state index is 0.0132. The lowest BCUT2D eigenvalue weighted by Crippen LogP contribution is -2.18. The highest BCUT2D eigenvalue weighted by atomic mass is 16.5. The zero-order chi connectivity index (χ0) is 16.7. The van der Waals surface area contributed by atoms with Gasteiger partial charge in [-0.25, -0.2) is 4.99 Å². The fourth-order valence-corrected chi connectivity index (χ4v) is 2.80. The zero-order valence-electron chi connectivity index (χ0n) is 12.3. The van der Waals surface area contributed by atoms with E-state index in [0.29, 0.717) is 27.8 Å². The summed E-state index contributed by atoms with van der Waals surface area (Å²) in [6.45, 7) is 0. The molecule has 1 heterocycles. The second-order valence-corrected chi connectivity index (χ2v) is 5.28. The first kappa shape index (κ1) is 13.8. The van der Waals surface area contributed by atoms with Crippen molar-refractivity contribution in [2.24, 2.45) is 4.99 Å². The molecule has 0 saturated heterocycles. The summed E-state index contributed by atoms with van der Waals surface area (Å²) in [5.74, 6) is 0.957. The molecule has 3 aromatic carbocycles. The normalized spacial score (nSPS) is 11.2. The van der Waals surface area contributed by atoms with E-state index in [2.05, 4.69) is 4.99 Å². The van der Waals surface area contributed by atoms with E-state index < -0.39 is 0 Å². The highest BCUT2D eigenvalue weighted by Gasteiger charge is 2.16. The maximum atomic E-state index is 9.62. The monoisotopic (exact) mass is 311 g/mol. The van der Waals surface area contributed by atoms with Crippen LogP contribution < -0.4 is 15.3 Å². The second-order valence-electron chi connectivity index (χ2n) is 5.28. The van der Waals surface area contributed by atoms with Crippen LogP contribution >= 0.6 is 0 Å². The van der Waals surface area contributed by atoms with Crippen LogP contribution in [0.15, 0.2) is 53.5 Å². The Bertz CT molecular complexity index is 1200. The van der Waals surface area contributed by atoms with Crippen LogP contribution in [0.1, 0.15) is 0 Å². The number of hydrogen-bond donors (Lipinski definition) is 1. The molecule has 0 aliphatic carbocycles. The molecule has 0 unspecified atom stereocenters.